The number of ether oxygens (including phenoxy) is 1. The second kappa shape index (κ2) is 4.76. The number of hydrogen-bond acceptors (Lipinski definition) is 5. The van der Waals surface area contributed by atoms with E-state index in [9.17, 15) is 14.9 Å². The molecule has 0 unspecified atom stereocenters. The summed E-state index contributed by atoms with van der Waals surface area (Å²) in [6, 6.07) is 8.52. The van der Waals surface area contributed by atoms with Crippen LogP contribution in [0.25, 0.3) is 5.69 Å². The van der Waals surface area contributed by atoms with E-state index >= 15 is 0 Å². The summed E-state index contributed by atoms with van der Waals surface area (Å²) in [5.74, 6) is 0.620. The van der Waals surface area contributed by atoms with Crippen LogP contribution in [-0.4, -0.2) is 22.8 Å². The maximum absolute atomic E-state index is 12.3. The Hall–Kier alpha value is -3.14. The van der Waals surface area contributed by atoms with Crippen LogP contribution in [0.15, 0.2) is 29.1 Å². The molecule has 0 aliphatic carbocycles. The normalized spacial score (nSPS) is 12.5. The molecule has 7 heteroatoms. The molecule has 1 aromatic carbocycles. The molecule has 0 saturated carbocycles. The van der Waals surface area contributed by atoms with E-state index in [4.69, 9.17) is 4.74 Å². The third-order valence-corrected chi connectivity index (χ3v) is 3.22. The number of methoxy groups -OCH3 is 1. The molecule has 0 bridgehead atoms. The maximum Gasteiger partial charge on any atom is 0.289 e. The lowest BCUT2D eigenvalue weighted by Gasteiger charge is -2.08. The SMILES string of the molecule is COc1ccc(-n2nc3c(c(C#N)c2=O)CC(=O)N3)cc1. The smallest absolute Gasteiger partial charge is 0.289 e. The van der Waals surface area contributed by atoms with E-state index in [1.807, 2.05) is 6.07 Å². The van der Waals surface area contributed by atoms with Crippen LogP contribution in [-0.2, 0) is 11.2 Å². The molecule has 0 atom stereocenters. The van der Waals surface area contributed by atoms with Crippen molar-refractivity contribution in [3.8, 4) is 17.5 Å². The molecule has 104 valence electrons. The minimum atomic E-state index is -0.544. The van der Waals surface area contributed by atoms with E-state index in [1.54, 1.807) is 24.3 Å². The van der Waals surface area contributed by atoms with Crippen molar-refractivity contribution >= 4 is 11.7 Å². The van der Waals surface area contributed by atoms with Gasteiger partial charge in [0, 0.05) is 5.56 Å². The number of benzene rings is 1. The lowest BCUT2D eigenvalue weighted by molar-refractivity contribution is -0.115. The number of anilines is 1. The van der Waals surface area contributed by atoms with Crippen LogP contribution in [0.1, 0.15) is 11.1 Å². The summed E-state index contributed by atoms with van der Waals surface area (Å²) < 4.78 is 6.15. The van der Waals surface area contributed by atoms with Crippen LogP contribution in [0.3, 0.4) is 0 Å². The lowest BCUT2D eigenvalue weighted by Crippen LogP contribution is -2.25. The van der Waals surface area contributed by atoms with Gasteiger partial charge in [-0.1, -0.05) is 0 Å². The predicted molar refractivity (Wildman–Crippen MR) is 73.4 cm³/mol. The minimum Gasteiger partial charge on any atom is -0.497 e. The Morgan fingerprint density at radius 3 is 2.67 bits per heavy atom. The zero-order valence-corrected chi connectivity index (χ0v) is 11.1. The Morgan fingerprint density at radius 1 is 1.33 bits per heavy atom. The number of nitrogens with zero attached hydrogens (tertiary/aromatic N) is 3. The molecule has 0 fully saturated rings. The van der Waals surface area contributed by atoms with Gasteiger partial charge in [-0.2, -0.15) is 9.94 Å². The van der Waals surface area contributed by atoms with Gasteiger partial charge in [0.15, 0.2) is 5.82 Å². The van der Waals surface area contributed by atoms with Crippen LogP contribution in [0.5, 0.6) is 5.75 Å². The average molecular weight is 282 g/mol. The van der Waals surface area contributed by atoms with Crippen LogP contribution in [0.4, 0.5) is 5.82 Å². The zero-order chi connectivity index (χ0) is 15.0. The fraction of sp³-hybridized carbons (Fsp3) is 0.143. The number of carbonyl (C=O) groups excluding carboxylic acids is 1. The molecule has 0 radical (unpaired) electrons. The second-order valence-corrected chi connectivity index (χ2v) is 4.45. The lowest BCUT2D eigenvalue weighted by atomic mass is 10.1. The standard InChI is InChI=1S/C14H10N4O3/c1-21-9-4-2-8(3-5-9)18-14(20)11(7-15)10-6-12(19)16-13(10)17-18/h2-5H,6H2,1H3,(H,16,17,19). The molecule has 2 heterocycles. The molecule has 7 nitrogen and oxygen atoms in total. The number of fused-ring (bicyclic) bond motifs is 1. The summed E-state index contributed by atoms with van der Waals surface area (Å²) in [5, 5.41) is 15.8. The summed E-state index contributed by atoms with van der Waals surface area (Å²) in [4.78, 5) is 23.8. The Balaban J connectivity index is 2.20. The second-order valence-electron chi connectivity index (χ2n) is 4.45. The fourth-order valence-corrected chi connectivity index (χ4v) is 2.18. The van der Waals surface area contributed by atoms with Crippen molar-refractivity contribution in [3.63, 3.8) is 0 Å². The van der Waals surface area contributed by atoms with E-state index in [2.05, 4.69) is 10.4 Å². The molecule has 0 saturated heterocycles. The average Bonchev–Trinajstić information content (AvgIpc) is 2.87. The number of rotatable bonds is 2. The first-order chi connectivity index (χ1) is 10.1. The minimum absolute atomic E-state index is 0.00389. The number of nitriles is 1. The van der Waals surface area contributed by atoms with Crippen molar-refractivity contribution in [2.45, 2.75) is 6.42 Å². The first-order valence-electron chi connectivity index (χ1n) is 6.14. The van der Waals surface area contributed by atoms with Crippen molar-refractivity contribution in [1.29, 1.82) is 5.26 Å². The van der Waals surface area contributed by atoms with Gasteiger partial charge >= 0.3 is 0 Å². The Kier molecular flexibility index (Phi) is 2.92. The third-order valence-electron chi connectivity index (χ3n) is 3.22. The molecule has 1 aliphatic heterocycles. The molecule has 21 heavy (non-hydrogen) atoms. The monoisotopic (exact) mass is 282 g/mol. The molecule has 1 aromatic heterocycles. The van der Waals surface area contributed by atoms with Gasteiger partial charge in [0.2, 0.25) is 5.91 Å². The Morgan fingerprint density at radius 2 is 2.05 bits per heavy atom. The quantitative estimate of drug-likeness (QED) is 0.870. The van der Waals surface area contributed by atoms with Gasteiger partial charge in [0.1, 0.15) is 17.4 Å². The number of aromatic nitrogens is 2. The van der Waals surface area contributed by atoms with Crippen LogP contribution < -0.4 is 15.6 Å². The Bertz CT molecular complexity index is 831. The first-order valence-corrected chi connectivity index (χ1v) is 6.14. The zero-order valence-electron chi connectivity index (χ0n) is 11.1. The van der Waals surface area contributed by atoms with Gasteiger partial charge in [-0.15, -0.1) is 5.10 Å². The number of nitrogens with one attached hydrogen (secondary N) is 1. The third kappa shape index (κ3) is 2.03. The molecular weight excluding hydrogens is 272 g/mol. The topological polar surface area (TPSA) is 97.0 Å². The summed E-state index contributed by atoms with van der Waals surface area (Å²) >= 11 is 0. The molecular formula is C14H10N4O3. The maximum atomic E-state index is 12.3. The highest BCUT2D eigenvalue weighted by atomic mass is 16.5. The first kappa shape index (κ1) is 12.9. The van der Waals surface area contributed by atoms with Gasteiger partial charge in [0.25, 0.3) is 5.56 Å². The molecule has 0 spiro atoms. The van der Waals surface area contributed by atoms with Crippen molar-refractivity contribution in [1.82, 2.24) is 9.78 Å². The van der Waals surface area contributed by atoms with Crippen molar-refractivity contribution in [2.24, 2.45) is 0 Å². The van der Waals surface area contributed by atoms with E-state index in [0.717, 1.165) is 4.68 Å². The summed E-state index contributed by atoms with van der Waals surface area (Å²) in [6.07, 6.45) is 0.00389. The highest BCUT2D eigenvalue weighted by Gasteiger charge is 2.26. The molecule has 1 amide bonds. The predicted octanol–water partition coefficient (Wildman–Crippen LogP) is 0.607. The van der Waals surface area contributed by atoms with Crippen molar-refractivity contribution in [3.05, 3.63) is 45.7 Å². The van der Waals surface area contributed by atoms with Crippen molar-refractivity contribution in [2.75, 3.05) is 12.4 Å². The van der Waals surface area contributed by atoms with Crippen molar-refractivity contribution < 1.29 is 9.53 Å². The number of amides is 1. The molecule has 1 aliphatic rings. The van der Waals surface area contributed by atoms with Gasteiger partial charge < -0.3 is 10.1 Å². The number of hydrogen-bond donors (Lipinski definition) is 1. The van der Waals surface area contributed by atoms with Gasteiger partial charge in [-0.25, -0.2) is 0 Å². The van der Waals surface area contributed by atoms with Crippen LogP contribution >= 0.6 is 0 Å². The highest BCUT2D eigenvalue weighted by molar-refractivity contribution is 5.98. The fourth-order valence-electron chi connectivity index (χ4n) is 2.18. The van der Waals surface area contributed by atoms with E-state index < -0.39 is 5.56 Å². The van der Waals surface area contributed by atoms with E-state index in [-0.39, 0.29) is 23.7 Å². The summed E-state index contributed by atoms with van der Waals surface area (Å²) in [5.41, 5.74) is 0.241. The summed E-state index contributed by atoms with van der Waals surface area (Å²) in [7, 11) is 1.54. The molecule has 1 N–H and O–H groups in total. The van der Waals surface area contributed by atoms with Gasteiger partial charge in [0.05, 0.1) is 19.2 Å². The van der Waals surface area contributed by atoms with Gasteiger partial charge in [-0.3, -0.25) is 9.59 Å². The van der Waals surface area contributed by atoms with E-state index in [1.165, 1.54) is 7.11 Å². The van der Waals surface area contributed by atoms with Gasteiger partial charge in [-0.05, 0) is 24.3 Å². The largest absolute Gasteiger partial charge is 0.497 e. The number of carbonyl (C=O) groups is 1. The van der Waals surface area contributed by atoms with E-state index in [0.29, 0.717) is 17.0 Å². The molecule has 3 rings (SSSR count). The molecule has 2 aromatic rings. The summed E-state index contributed by atoms with van der Waals surface area (Å²) in [6.45, 7) is 0. The van der Waals surface area contributed by atoms with Crippen LogP contribution in [0.2, 0.25) is 0 Å². The van der Waals surface area contributed by atoms with Crippen LogP contribution in [0, 0.1) is 11.3 Å². The highest BCUT2D eigenvalue weighted by Crippen LogP contribution is 2.22. The Labute approximate surface area is 119 Å².